The van der Waals surface area contributed by atoms with Crippen LogP contribution >= 0.6 is 0 Å². The molecule has 0 bridgehead atoms. The Morgan fingerprint density at radius 3 is 1.66 bits per heavy atom. The molecule has 4 heteroatoms. The van der Waals surface area contributed by atoms with Crippen molar-refractivity contribution >= 4 is 11.9 Å². The Labute approximate surface area is 180 Å². The molecule has 0 aliphatic heterocycles. The molecule has 4 nitrogen and oxygen atoms in total. The summed E-state index contributed by atoms with van der Waals surface area (Å²) in [5, 5.41) is 8.61. The Kier molecular flexibility index (Phi) is 20.9. The van der Waals surface area contributed by atoms with Crippen molar-refractivity contribution in [1.29, 1.82) is 0 Å². The molecular formula is C25H48O4. The van der Waals surface area contributed by atoms with Crippen LogP contribution < -0.4 is 0 Å². The van der Waals surface area contributed by atoms with Crippen LogP contribution in [-0.2, 0) is 14.3 Å². The Morgan fingerprint density at radius 2 is 1.10 bits per heavy atom. The van der Waals surface area contributed by atoms with Crippen molar-refractivity contribution in [2.75, 3.05) is 6.61 Å². The number of ether oxygens (including phenoxy) is 1. The van der Waals surface area contributed by atoms with Gasteiger partial charge in [-0.25, -0.2) is 0 Å². The number of esters is 1. The zero-order chi connectivity index (χ0) is 21.6. The van der Waals surface area contributed by atoms with E-state index in [1.165, 1.54) is 77.0 Å². The molecule has 172 valence electrons. The third-order valence-corrected chi connectivity index (χ3v) is 5.68. The molecule has 0 amide bonds. The quantitative estimate of drug-likeness (QED) is 0.146. The Hall–Kier alpha value is -1.06. The van der Waals surface area contributed by atoms with Gasteiger partial charge >= 0.3 is 11.9 Å². The third-order valence-electron chi connectivity index (χ3n) is 5.68. The number of carboxylic acid groups (broad SMARTS) is 1. The van der Waals surface area contributed by atoms with Gasteiger partial charge in [0.1, 0.15) is 0 Å². The van der Waals surface area contributed by atoms with E-state index < -0.39 is 5.97 Å². The van der Waals surface area contributed by atoms with E-state index >= 15 is 0 Å². The summed E-state index contributed by atoms with van der Waals surface area (Å²) in [7, 11) is 0. The summed E-state index contributed by atoms with van der Waals surface area (Å²) in [4.78, 5) is 22.5. The highest BCUT2D eigenvalue weighted by Crippen LogP contribution is 2.20. The van der Waals surface area contributed by atoms with E-state index in [1.807, 2.05) is 0 Å². The van der Waals surface area contributed by atoms with Gasteiger partial charge in [0, 0.05) is 12.8 Å². The van der Waals surface area contributed by atoms with Gasteiger partial charge < -0.3 is 9.84 Å². The average molecular weight is 413 g/mol. The highest BCUT2D eigenvalue weighted by Gasteiger charge is 2.12. The van der Waals surface area contributed by atoms with E-state index in [-0.39, 0.29) is 12.4 Å². The predicted molar refractivity (Wildman–Crippen MR) is 121 cm³/mol. The molecule has 0 heterocycles. The van der Waals surface area contributed by atoms with Gasteiger partial charge in [0.2, 0.25) is 0 Å². The molecule has 1 N–H and O–H groups in total. The fourth-order valence-corrected chi connectivity index (χ4v) is 3.74. The first-order chi connectivity index (χ1) is 14.1. The number of rotatable bonds is 22. The minimum atomic E-state index is -0.723. The molecule has 0 rings (SSSR count). The van der Waals surface area contributed by atoms with Crippen molar-refractivity contribution in [3.8, 4) is 0 Å². The predicted octanol–water partition coefficient (Wildman–Crippen LogP) is 7.68. The second-order valence-corrected chi connectivity index (χ2v) is 8.62. The summed E-state index contributed by atoms with van der Waals surface area (Å²) >= 11 is 0. The molecule has 0 radical (unpaired) electrons. The monoisotopic (exact) mass is 412 g/mol. The van der Waals surface area contributed by atoms with Crippen molar-refractivity contribution in [3.63, 3.8) is 0 Å². The number of hydrogen-bond acceptors (Lipinski definition) is 3. The lowest BCUT2D eigenvalue weighted by Gasteiger charge is -2.17. The van der Waals surface area contributed by atoms with Crippen LogP contribution in [0.15, 0.2) is 0 Å². The Balaban J connectivity index is 3.89. The van der Waals surface area contributed by atoms with E-state index in [0.29, 0.717) is 18.9 Å². The number of carboxylic acids is 1. The highest BCUT2D eigenvalue weighted by atomic mass is 16.5. The molecule has 1 unspecified atom stereocenters. The second kappa shape index (κ2) is 21.6. The van der Waals surface area contributed by atoms with Crippen LogP contribution in [0.3, 0.4) is 0 Å². The molecule has 0 aliphatic carbocycles. The summed E-state index contributed by atoms with van der Waals surface area (Å²) in [6.45, 7) is 5.08. The van der Waals surface area contributed by atoms with Gasteiger partial charge in [0.15, 0.2) is 0 Å². The molecule has 0 aromatic rings. The standard InChI is InChI=1S/C25H48O4/c1-3-5-7-9-11-15-19-23(18-14-8-6-4-2)22-29-25(28)21-17-13-10-12-16-20-24(26)27/h23H,3-22H2,1-2H3,(H,26,27). The molecule has 29 heavy (non-hydrogen) atoms. The number of hydrogen-bond donors (Lipinski definition) is 1. The molecular weight excluding hydrogens is 364 g/mol. The lowest BCUT2D eigenvalue weighted by atomic mass is 9.95. The van der Waals surface area contributed by atoms with E-state index in [9.17, 15) is 9.59 Å². The first-order valence-corrected chi connectivity index (χ1v) is 12.5. The van der Waals surface area contributed by atoms with Crippen LogP contribution in [0, 0.1) is 5.92 Å². The maximum absolute atomic E-state index is 12.1. The smallest absolute Gasteiger partial charge is 0.305 e. The minimum Gasteiger partial charge on any atom is -0.481 e. The first kappa shape index (κ1) is 27.9. The largest absolute Gasteiger partial charge is 0.481 e. The van der Waals surface area contributed by atoms with Gasteiger partial charge in [-0.2, -0.15) is 0 Å². The van der Waals surface area contributed by atoms with Crippen LogP contribution in [0.25, 0.3) is 0 Å². The van der Waals surface area contributed by atoms with Gasteiger partial charge in [0.05, 0.1) is 6.61 Å². The van der Waals surface area contributed by atoms with Gasteiger partial charge in [0.25, 0.3) is 0 Å². The number of unbranched alkanes of at least 4 members (excludes halogenated alkanes) is 12. The summed E-state index contributed by atoms with van der Waals surface area (Å²) in [6, 6.07) is 0. The molecule has 0 aromatic heterocycles. The number of carbonyl (C=O) groups excluding carboxylic acids is 1. The zero-order valence-corrected chi connectivity index (χ0v) is 19.4. The van der Waals surface area contributed by atoms with E-state index in [2.05, 4.69) is 13.8 Å². The van der Waals surface area contributed by atoms with E-state index in [0.717, 1.165) is 32.1 Å². The van der Waals surface area contributed by atoms with Crippen molar-refractivity contribution in [3.05, 3.63) is 0 Å². The lowest BCUT2D eigenvalue weighted by molar-refractivity contribution is -0.145. The van der Waals surface area contributed by atoms with Gasteiger partial charge in [-0.15, -0.1) is 0 Å². The minimum absolute atomic E-state index is 0.0583. The summed E-state index contributed by atoms with van der Waals surface area (Å²) < 4.78 is 5.60. The second-order valence-electron chi connectivity index (χ2n) is 8.62. The van der Waals surface area contributed by atoms with E-state index in [1.54, 1.807) is 0 Å². The van der Waals surface area contributed by atoms with Gasteiger partial charge in [-0.1, -0.05) is 97.3 Å². The fraction of sp³-hybridized carbons (Fsp3) is 0.920. The van der Waals surface area contributed by atoms with Crippen molar-refractivity contribution in [2.24, 2.45) is 5.92 Å². The molecule has 0 aliphatic rings. The SMILES string of the molecule is CCCCCCCCC(CCCCCC)COC(=O)CCCCCCCC(=O)O. The topological polar surface area (TPSA) is 63.6 Å². The molecule has 0 saturated heterocycles. The number of aliphatic carboxylic acids is 1. The maximum atomic E-state index is 12.1. The van der Waals surface area contributed by atoms with Crippen LogP contribution in [-0.4, -0.2) is 23.7 Å². The van der Waals surface area contributed by atoms with Crippen LogP contribution in [0.1, 0.15) is 136 Å². The van der Waals surface area contributed by atoms with Crippen LogP contribution in [0.5, 0.6) is 0 Å². The average Bonchev–Trinajstić information content (AvgIpc) is 2.70. The molecule has 0 fully saturated rings. The summed E-state index contributed by atoms with van der Waals surface area (Å²) in [5.41, 5.74) is 0. The molecule has 0 aromatic carbocycles. The maximum Gasteiger partial charge on any atom is 0.305 e. The Bertz CT molecular complexity index is 381. The normalized spacial score (nSPS) is 12.1. The van der Waals surface area contributed by atoms with Crippen molar-refractivity contribution < 1.29 is 19.4 Å². The third kappa shape index (κ3) is 21.5. The Morgan fingerprint density at radius 1 is 0.655 bits per heavy atom. The lowest BCUT2D eigenvalue weighted by Crippen LogP contribution is -2.14. The van der Waals surface area contributed by atoms with Crippen LogP contribution in [0.2, 0.25) is 0 Å². The van der Waals surface area contributed by atoms with Gasteiger partial charge in [-0.3, -0.25) is 9.59 Å². The summed E-state index contributed by atoms with van der Waals surface area (Å²) in [5.74, 6) is -0.256. The zero-order valence-electron chi connectivity index (χ0n) is 19.4. The van der Waals surface area contributed by atoms with Crippen molar-refractivity contribution in [1.82, 2.24) is 0 Å². The van der Waals surface area contributed by atoms with E-state index in [4.69, 9.17) is 9.84 Å². The van der Waals surface area contributed by atoms with Crippen LogP contribution in [0.4, 0.5) is 0 Å². The van der Waals surface area contributed by atoms with Crippen molar-refractivity contribution in [2.45, 2.75) is 136 Å². The molecule has 1 atom stereocenters. The summed E-state index contributed by atoms with van der Waals surface area (Å²) in [6.07, 6.45) is 20.6. The molecule has 0 spiro atoms. The number of carbonyl (C=O) groups is 2. The highest BCUT2D eigenvalue weighted by molar-refractivity contribution is 5.69. The fourth-order valence-electron chi connectivity index (χ4n) is 3.74. The molecule has 0 saturated carbocycles. The first-order valence-electron chi connectivity index (χ1n) is 12.5. The van der Waals surface area contributed by atoms with Gasteiger partial charge in [-0.05, 0) is 31.6 Å².